The summed E-state index contributed by atoms with van der Waals surface area (Å²) in [5.41, 5.74) is 0.834. The quantitative estimate of drug-likeness (QED) is 0.799. The molecule has 1 atom stereocenters. The molecule has 2 aromatic rings. The van der Waals surface area contributed by atoms with E-state index in [0.29, 0.717) is 15.2 Å². The molecule has 1 unspecified atom stereocenters. The van der Waals surface area contributed by atoms with Crippen LogP contribution in [0.5, 0.6) is 0 Å². The molecular weight excluding hydrogens is 361 g/mol. The van der Waals surface area contributed by atoms with Gasteiger partial charge in [0.1, 0.15) is 5.82 Å². The highest BCUT2D eigenvalue weighted by atomic mass is 79.9. The van der Waals surface area contributed by atoms with E-state index < -0.39 is 17.8 Å². The molecule has 21 heavy (non-hydrogen) atoms. The van der Waals surface area contributed by atoms with Crippen molar-refractivity contribution in [3.8, 4) is 0 Å². The summed E-state index contributed by atoms with van der Waals surface area (Å²) in [6.45, 7) is 0. The number of ether oxygens (including phenoxy) is 1. The van der Waals surface area contributed by atoms with Gasteiger partial charge in [-0.3, -0.25) is 0 Å². The molecule has 0 aliphatic rings. The lowest BCUT2D eigenvalue weighted by molar-refractivity contribution is -0.141. The molecule has 0 heterocycles. The molecule has 3 nitrogen and oxygen atoms in total. The molecule has 0 aliphatic carbocycles. The highest BCUT2D eigenvalue weighted by Gasteiger charge is 2.24. The fourth-order valence-electron chi connectivity index (χ4n) is 1.84. The maximum absolute atomic E-state index is 13.9. The molecule has 110 valence electrons. The molecule has 0 radical (unpaired) electrons. The summed E-state index contributed by atoms with van der Waals surface area (Å²) in [5, 5.41) is 3.49. The van der Waals surface area contributed by atoms with E-state index in [1.807, 2.05) is 0 Å². The summed E-state index contributed by atoms with van der Waals surface area (Å²) in [6.07, 6.45) is 0. The molecule has 6 heteroatoms. The van der Waals surface area contributed by atoms with Crippen LogP contribution < -0.4 is 5.32 Å². The lowest BCUT2D eigenvalue weighted by Gasteiger charge is -2.19. The number of carbonyl (C=O) groups is 1. The highest BCUT2D eigenvalue weighted by molar-refractivity contribution is 9.10. The van der Waals surface area contributed by atoms with Gasteiger partial charge in [-0.1, -0.05) is 29.8 Å². The third kappa shape index (κ3) is 3.74. The van der Waals surface area contributed by atoms with Gasteiger partial charge in [0.15, 0.2) is 6.04 Å². The van der Waals surface area contributed by atoms with Crippen LogP contribution in [0.3, 0.4) is 0 Å². The molecular formula is C15H12BrClFNO2. The normalized spacial score (nSPS) is 11.8. The number of halogens is 3. The Hall–Kier alpha value is -1.59. The number of esters is 1. The Balaban J connectivity index is 2.35. The Morgan fingerprint density at radius 2 is 2.05 bits per heavy atom. The van der Waals surface area contributed by atoms with E-state index in [4.69, 9.17) is 16.3 Å². The second-order valence-corrected chi connectivity index (χ2v) is 5.51. The van der Waals surface area contributed by atoms with E-state index in [1.54, 1.807) is 30.3 Å². The zero-order chi connectivity index (χ0) is 15.4. The molecule has 2 rings (SSSR count). The third-order valence-corrected chi connectivity index (χ3v) is 4.10. The van der Waals surface area contributed by atoms with Crippen LogP contribution in [0, 0.1) is 5.82 Å². The minimum Gasteiger partial charge on any atom is -0.467 e. The molecule has 0 amide bonds. The number of methoxy groups -OCH3 is 1. The second kappa shape index (κ2) is 6.91. The second-order valence-electron chi connectivity index (χ2n) is 4.25. The van der Waals surface area contributed by atoms with Crippen molar-refractivity contribution in [1.29, 1.82) is 0 Å². The van der Waals surface area contributed by atoms with Gasteiger partial charge in [-0.2, -0.15) is 0 Å². The zero-order valence-corrected chi connectivity index (χ0v) is 13.4. The van der Waals surface area contributed by atoms with E-state index in [2.05, 4.69) is 21.2 Å². The Morgan fingerprint density at radius 3 is 2.67 bits per heavy atom. The first-order chi connectivity index (χ1) is 10.0. The topological polar surface area (TPSA) is 38.3 Å². The zero-order valence-electron chi connectivity index (χ0n) is 11.1. The summed E-state index contributed by atoms with van der Waals surface area (Å²) in [5.74, 6) is -1.06. The average molecular weight is 373 g/mol. The summed E-state index contributed by atoms with van der Waals surface area (Å²) >= 11 is 9.22. The monoisotopic (exact) mass is 371 g/mol. The minimum atomic E-state index is -0.940. The summed E-state index contributed by atoms with van der Waals surface area (Å²) in [6, 6.07) is 10.2. The molecule has 0 bridgehead atoms. The molecule has 1 N–H and O–H groups in total. The number of anilines is 1. The van der Waals surface area contributed by atoms with E-state index in [1.165, 1.54) is 19.2 Å². The lowest BCUT2D eigenvalue weighted by Crippen LogP contribution is -2.23. The van der Waals surface area contributed by atoms with Gasteiger partial charge in [0.25, 0.3) is 0 Å². The molecule has 0 spiro atoms. The van der Waals surface area contributed by atoms with Crippen LogP contribution in [0.15, 0.2) is 46.9 Å². The fourth-order valence-corrected chi connectivity index (χ4v) is 2.34. The van der Waals surface area contributed by atoms with E-state index in [-0.39, 0.29) is 5.56 Å². The van der Waals surface area contributed by atoms with Crippen molar-refractivity contribution in [2.24, 2.45) is 0 Å². The largest absolute Gasteiger partial charge is 0.467 e. The lowest BCUT2D eigenvalue weighted by atomic mass is 10.1. The van der Waals surface area contributed by atoms with Crippen LogP contribution in [0.25, 0.3) is 0 Å². The Morgan fingerprint density at radius 1 is 1.33 bits per heavy atom. The minimum absolute atomic E-state index is 0.218. The summed E-state index contributed by atoms with van der Waals surface area (Å²) < 4.78 is 19.3. The van der Waals surface area contributed by atoms with Gasteiger partial charge >= 0.3 is 5.97 Å². The maximum Gasteiger partial charge on any atom is 0.333 e. The van der Waals surface area contributed by atoms with E-state index in [9.17, 15) is 9.18 Å². The molecule has 0 saturated heterocycles. The smallest absolute Gasteiger partial charge is 0.333 e. The molecule has 0 aromatic heterocycles. The number of rotatable bonds is 4. The van der Waals surface area contributed by atoms with Crippen molar-refractivity contribution in [2.75, 3.05) is 12.4 Å². The van der Waals surface area contributed by atoms with Crippen molar-refractivity contribution in [1.82, 2.24) is 0 Å². The highest BCUT2D eigenvalue weighted by Crippen LogP contribution is 2.29. The van der Waals surface area contributed by atoms with E-state index >= 15 is 0 Å². The van der Waals surface area contributed by atoms with Gasteiger partial charge in [-0.15, -0.1) is 0 Å². The molecule has 0 saturated carbocycles. The fraction of sp³-hybridized carbons (Fsp3) is 0.133. The summed E-state index contributed by atoms with van der Waals surface area (Å²) in [7, 11) is 1.26. The first-order valence-electron chi connectivity index (χ1n) is 6.06. The molecule has 0 fully saturated rings. The van der Waals surface area contributed by atoms with Crippen LogP contribution in [-0.2, 0) is 9.53 Å². The predicted molar refractivity (Wildman–Crippen MR) is 83.9 cm³/mol. The standard InChI is InChI=1S/C15H12BrClFNO2/c1-21-15(20)14(10-4-2-3-5-13(10)18)19-9-6-7-12(17)11(16)8-9/h2-8,14,19H,1H3. The van der Waals surface area contributed by atoms with Gasteiger partial charge < -0.3 is 10.1 Å². The SMILES string of the molecule is COC(=O)C(Nc1ccc(Cl)c(Br)c1)c1ccccc1F. The number of nitrogens with one attached hydrogen (secondary N) is 1. The van der Waals surface area contributed by atoms with Crippen LogP contribution in [0.2, 0.25) is 5.02 Å². The van der Waals surface area contributed by atoms with Crippen LogP contribution in [-0.4, -0.2) is 13.1 Å². The van der Waals surface area contributed by atoms with Crippen molar-refractivity contribution in [2.45, 2.75) is 6.04 Å². The Kier molecular flexibility index (Phi) is 5.20. The Bertz CT molecular complexity index is 666. The predicted octanol–water partition coefficient (Wildman–Crippen LogP) is 4.57. The van der Waals surface area contributed by atoms with Gasteiger partial charge in [0, 0.05) is 15.7 Å². The first kappa shape index (κ1) is 15.8. The summed E-state index contributed by atoms with van der Waals surface area (Å²) in [4.78, 5) is 11.9. The van der Waals surface area contributed by atoms with Gasteiger partial charge in [0.2, 0.25) is 0 Å². The van der Waals surface area contributed by atoms with Crippen LogP contribution in [0.1, 0.15) is 11.6 Å². The van der Waals surface area contributed by atoms with E-state index in [0.717, 1.165) is 0 Å². The molecule has 2 aromatic carbocycles. The van der Waals surface area contributed by atoms with Crippen LogP contribution in [0.4, 0.5) is 10.1 Å². The van der Waals surface area contributed by atoms with Crippen molar-refractivity contribution >= 4 is 39.2 Å². The average Bonchev–Trinajstić information content (AvgIpc) is 2.48. The van der Waals surface area contributed by atoms with Crippen molar-refractivity contribution in [3.63, 3.8) is 0 Å². The number of benzene rings is 2. The molecule has 0 aliphatic heterocycles. The van der Waals surface area contributed by atoms with Crippen molar-refractivity contribution < 1.29 is 13.9 Å². The van der Waals surface area contributed by atoms with Gasteiger partial charge in [-0.05, 0) is 40.2 Å². The van der Waals surface area contributed by atoms with Gasteiger partial charge in [0.05, 0.1) is 12.1 Å². The Labute approximate surface area is 135 Å². The maximum atomic E-state index is 13.9. The third-order valence-electron chi connectivity index (χ3n) is 2.88. The number of hydrogen-bond donors (Lipinski definition) is 1. The number of carbonyl (C=O) groups excluding carboxylic acids is 1. The van der Waals surface area contributed by atoms with Crippen LogP contribution >= 0.6 is 27.5 Å². The van der Waals surface area contributed by atoms with Gasteiger partial charge in [-0.25, -0.2) is 9.18 Å². The first-order valence-corrected chi connectivity index (χ1v) is 7.24. The number of hydrogen-bond acceptors (Lipinski definition) is 3. The van der Waals surface area contributed by atoms with Crippen molar-refractivity contribution in [3.05, 3.63) is 63.3 Å².